The van der Waals surface area contributed by atoms with E-state index in [2.05, 4.69) is 5.32 Å². The van der Waals surface area contributed by atoms with E-state index in [1.165, 1.54) is 0 Å². The number of benzene rings is 1. The molecule has 0 fully saturated rings. The Morgan fingerprint density at radius 1 is 1.10 bits per heavy atom. The number of hydrogen-bond acceptors (Lipinski definition) is 5. The van der Waals surface area contributed by atoms with E-state index in [-0.39, 0.29) is 6.61 Å². The van der Waals surface area contributed by atoms with Gasteiger partial charge in [0, 0.05) is 0 Å². The second-order valence-corrected chi connectivity index (χ2v) is 4.31. The Morgan fingerprint density at radius 3 is 2.20 bits per heavy atom. The maximum Gasteiger partial charge on any atom is 0.335 e. The number of aliphatic hydroxyl groups excluding tert-OH is 3. The molecule has 0 heterocycles. The van der Waals surface area contributed by atoms with Gasteiger partial charge in [-0.2, -0.15) is 0 Å². The average Bonchev–Trinajstić information content (AvgIpc) is 2.45. The van der Waals surface area contributed by atoms with Crippen LogP contribution in [0.4, 0.5) is 0 Å². The van der Waals surface area contributed by atoms with E-state index in [1.54, 1.807) is 24.3 Å². The molecule has 0 saturated heterocycles. The van der Waals surface area contributed by atoms with Gasteiger partial charge in [-0.25, -0.2) is 4.79 Å². The first-order chi connectivity index (χ1) is 9.45. The van der Waals surface area contributed by atoms with Crippen molar-refractivity contribution >= 4 is 11.9 Å². The molecule has 1 rings (SSSR count). The summed E-state index contributed by atoms with van der Waals surface area (Å²) in [5.74, 6) is -2.74. The first kappa shape index (κ1) is 16.1. The van der Waals surface area contributed by atoms with E-state index in [0.29, 0.717) is 6.42 Å². The molecule has 0 bridgehead atoms. The molecule has 7 heteroatoms. The molecule has 1 aromatic carbocycles. The third-order valence-corrected chi connectivity index (χ3v) is 2.71. The largest absolute Gasteiger partial charge is 0.479 e. The molecule has 0 aliphatic heterocycles. The van der Waals surface area contributed by atoms with E-state index < -0.39 is 30.1 Å². The second kappa shape index (κ2) is 7.59. The molecule has 20 heavy (non-hydrogen) atoms. The molecule has 1 aromatic rings. The molecule has 0 aromatic heterocycles. The number of carboxylic acid groups (broad SMARTS) is 1. The van der Waals surface area contributed by atoms with E-state index in [4.69, 9.17) is 10.2 Å². The first-order valence-corrected chi connectivity index (χ1v) is 5.99. The Balaban J connectivity index is 2.60. The van der Waals surface area contributed by atoms with Gasteiger partial charge in [0.15, 0.2) is 12.2 Å². The van der Waals surface area contributed by atoms with Crippen molar-refractivity contribution in [2.24, 2.45) is 0 Å². The highest BCUT2D eigenvalue weighted by molar-refractivity contribution is 5.87. The number of carbonyl (C=O) groups is 2. The van der Waals surface area contributed by atoms with Crippen LogP contribution in [0.15, 0.2) is 30.3 Å². The highest BCUT2D eigenvalue weighted by Crippen LogP contribution is 2.04. The Hall–Kier alpha value is -1.96. The van der Waals surface area contributed by atoms with Gasteiger partial charge < -0.3 is 25.7 Å². The molecule has 1 amide bonds. The quantitative estimate of drug-likeness (QED) is 0.415. The second-order valence-electron chi connectivity index (χ2n) is 4.31. The fourth-order valence-electron chi connectivity index (χ4n) is 1.62. The zero-order chi connectivity index (χ0) is 15.1. The van der Waals surface area contributed by atoms with Crippen molar-refractivity contribution in [2.45, 2.75) is 24.7 Å². The highest BCUT2D eigenvalue weighted by Gasteiger charge is 2.31. The Morgan fingerprint density at radius 2 is 1.70 bits per heavy atom. The monoisotopic (exact) mass is 283 g/mol. The number of aliphatic carboxylic acids is 1. The van der Waals surface area contributed by atoms with Gasteiger partial charge >= 0.3 is 5.97 Å². The van der Waals surface area contributed by atoms with Gasteiger partial charge in [-0.1, -0.05) is 30.3 Å². The lowest BCUT2D eigenvalue weighted by molar-refractivity contribution is -0.158. The summed E-state index contributed by atoms with van der Waals surface area (Å²) in [5, 5.41) is 38.4. The lowest BCUT2D eigenvalue weighted by Crippen LogP contribution is -2.50. The number of carbonyl (C=O) groups excluding carboxylic acids is 1. The summed E-state index contributed by atoms with van der Waals surface area (Å²) >= 11 is 0. The topological polar surface area (TPSA) is 127 Å². The van der Waals surface area contributed by atoms with Crippen LogP contribution in [0, 0.1) is 0 Å². The van der Waals surface area contributed by atoms with Gasteiger partial charge in [-0.05, 0) is 12.0 Å². The fraction of sp³-hybridized carbons (Fsp3) is 0.385. The fourth-order valence-corrected chi connectivity index (χ4v) is 1.62. The van der Waals surface area contributed by atoms with Crippen molar-refractivity contribution in [1.82, 2.24) is 5.32 Å². The van der Waals surface area contributed by atoms with Crippen LogP contribution in [0.5, 0.6) is 0 Å². The van der Waals surface area contributed by atoms with Crippen LogP contribution >= 0.6 is 0 Å². The third kappa shape index (κ3) is 4.61. The summed E-state index contributed by atoms with van der Waals surface area (Å²) in [6.07, 6.45) is -3.97. The van der Waals surface area contributed by atoms with Gasteiger partial charge in [0.05, 0.1) is 12.6 Å². The van der Waals surface area contributed by atoms with Crippen LogP contribution in [-0.2, 0) is 16.0 Å². The maximum atomic E-state index is 11.6. The zero-order valence-corrected chi connectivity index (χ0v) is 10.6. The highest BCUT2D eigenvalue weighted by atomic mass is 16.4. The molecular formula is C13H17NO6. The van der Waals surface area contributed by atoms with Crippen LogP contribution in [0.1, 0.15) is 5.56 Å². The molecule has 0 unspecified atom stereocenters. The summed E-state index contributed by atoms with van der Waals surface area (Å²) in [6.45, 7) is -0.378. The standard InChI is InChI=1S/C13H17NO6/c15-7-9(6-8-4-2-1-3-5-8)14-12(18)10(16)11(17)13(19)20/h1-5,9-11,15-17H,6-7H2,(H,14,18)(H,19,20)/t9-,10-,11-/m1/s1. The minimum absolute atomic E-state index is 0.318. The molecule has 0 saturated carbocycles. The van der Waals surface area contributed by atoms with Crippen molar-refractivity contribution in [3.63, 3.8) is 0 Å². The van der Waals surface area contributed by atoms with Crippen LogP contribution in [-0.4, -0.2) is 57.2 Å². The zero-order valence-electron chi connectivity index (χ0n) is 10.6. The van der Waals surface area contributed by atoms with Gasteiger partial charge in [0.2, 0.25) is 0 Å². The summed E-state index contributed by atoms with van der Waals surface area (Å²) in [7, 11) is 0. The van der Waals surface area contributed by atoms with E-state index in [9.17, 15) is 19.8 Å². The minimum atomic E-state index is -2.20. The number of amides is 1. The third-order valence-electron chi connectivity index (χ3n) is 2.71. The average molecular weight is 283 g/mol. The number of carboxylic acids is 1. The van der Waals surface area contributed by atoms with Gasteiger partial charge in [-0.15, -0.1) is 0 Å². The van der Waals surface area contributed by atoms with Crippen molar-refractivity contribution < 1.29 is 30.0 Å². The van der Waals surface area contributed by atoms with Crippen LogP contribution in [0.2, 0.25) is 0 Å². The lowest BCUT2D eigenvalue weighted by atomic mass is 10.1. The molecular weight excluding hydrogens is 266 g/mol. The first-order valence-electron chi connectivity index (χ1n) is 5.99. The predicted octanol–water partition coefficient (Wildman–Crippen LogP) is -1.49. The van der Waals surface area contributed by atoms with Gasteiger partial charge in [0.25, 0.3) is 5.91 Å². The normalized spacial score (nSPS) is 15.2. The summed E-state index contributed by atoms with van der Waals surface area (Å²) in [5.41, 5.74) is 0.861. The molecule has 110 valence electrons. The van der Waals surface area contributed by atoms with E-state index in [1.807, 2.05) is 6.07 Å². The minimum Gasteiger partial charge on any atom is -0.479 e. The smallest absolute Gasteiger partial charge is 0.335 e. The van der Waals surface area contributed by atoms with Gasteiger partial charge in [-0.3, -0.25) is 4.79 Å². The molecule has 0 spiro atoms. The van der Waals surface area contributed by atoms with Crippen LogP contribution in [0.3, 0.4) is 0 Å². The van der Waals surface area contributed by atoms with Crippen LogP contribution in [0.25, 0.3) is 0 Å². The van der Waals surface area contributed by atoms with Gasteiger partial charge in [0.1, 0.15) is 0 Å². The molecule has 0 aliphatic carbocycles. The SMILES string of the molecule is O=C(O)[C@H](O)[C@@H](O)C(=O)N[C@@H](CO)Cc1ccccc1. The summed E-state index contributed by atoms with van der Waals surface area (Å²) in [4.78, 5) is 22.0. The van der Waals surface area contributed by atoms with E-state index >= 15 is 0 Å². The van der Waals surface area contributed by atoms with Crippen LogP contribution < -0.4 is 5.32 Å². The lowest BCUT2D eigenvalue weighted by Gasteiger charge is -2.20. The Bertz CT molecular complexity index is 449. The molecule has 0 aliphatic rings. The van der Waals surface area contributed by atoms with Crippen molar-refractivity contribution in [2.75, 3.05) is 6.61 Å². The molecule has 5 N–H and O–H groups in total. The Labute approximate surface area is 115 Å². The van der Waals surface area contributed by atoms with Crippen molar-refractivity contribution in [3.8, 4) is 0 Å². The molecule has 7 nitrogen and oxygen atoms in total. The summed E-state index contributed by atoms with van der Waals surface area (Å²) < 4.78 is 0. The number of hydrogen-bond donors (Lipinski definition) is 5. The number of nitrogens with one attached hydrogen (secondary N) is 1. The maximum absolute atomic E-state index is 11.6. The number of rotatable bonds is 7. The van der Waals surface area contributed by atoms with E-state index in [0.717, 1.165) is 5.56 Å². The van der Waals surface area contributed by atoms with Crippen molar-refractivity contribution in [3.05, 3.63) is 35.9 Å². The Kier molecular flexibility index (Phi) is 6.10. The molecule has 0 radical (unpaired) electrons. The number of aliphatic hydroxyl groups is 3. The van der Waals surface area contributed by atoms with Crippen molar-refractivity contribution in [1.29, 1.82) is 0 Å². The molecule has 3 atom stereocenters. The predicted molar refractivity (Wildman–Crippen MR) is 68.8 cm³/mol. The summed E-state index contributed by atoms with van der Waals surface area (Å²) in [6, 6.07) is 8.35.